The van der Waals surface area contributed by atoms with Gasteiger partial charge in [-0.2, -0.15) is 4.80 Å². The van der Waals surface area contributed by atoms with Gasteiger partial charge in [0.1, 0.15) is 0 Å². The quantitative estimate of drug-likeness (QED) is 0.758. The van der Waals surface area contributed by atoms with E-state index in [0.717, 1.165) is 28.5 Å². The van der Waals surface area contributed by atoms with Gasteiger partial charge in [0.15, 0.2) is 5.13 Å². The highest BCUT2D eigenvalue weighted by molar-refractivity contribution is 7.15. The summed E-state index contributed by atoms with van der Waals surface area (Å²) in [6.07, 6.45) is 2.94. The molecule has 0 fully saturated rings. The van der Waals surface area contributed by atoms with Gasteiger partial charge >= 0.3 is 0 Å². The summed E-state index contributed by atoms with van der Waals surface area (Å²) in [7, 11) is 0. The first-order valence-electron chi connectivity index (χ1n) is 6.87. The van der Waals surface area contributed by atoms with Crippen molar-refractivity contribution in [1.29, 1.82) is 0 Å². The zero-order chi connectivity index (χ0) is 14.5. The lowest BCUT2D eigenvalue weighted by Crippen LogP contribution is -2.02. The van der Waals surface area contributed by atoms with Gasteiger partial charge in [0.2, 0.25) is 5.82 Å². The lowest BCUT2D eigenvalue weighted by atomic mass is 10.2. The van der Waals surface area contributed by atoms with Crippen molar-refractivity contribution in [2.45, 2.75) is 19.9 Å². The molecule has 108 valence electrons. The first-order chi connectivity index (χ1) is 10.3. The van der Waals surface area contributed by atoms with E-state index in [-0.39, 0.29) is 0 Å². The van der Waals surface area contributed by atoms with Gasteiger partial charge in [-0.1, -0.05) is 37.3 Å². The van der Waals surface area contributed by atoms with E-state index < -0.39 is 0 Å². The first kappa shape index (κ1) is 13.7. The van der Waals surface area contributed by atoms with E-state index in [1.165, 1.54) is 0 Å². The third kappa shape index (κ3) is 3.43. The molecule has 2 aromatic heterocycles. The summed E-state index contributed by atoms with van der Waals surface area (Å²) in [6, 6.07) is 9.84. The van der Waals surface area contributed by atoms with Gasteiger partial charge in [-0.25, -0.2) is 4.98 Å². The largest absolute Gasteiger partial charge is 0.362 e. The third-order valence-electron chi connectivity index (χ3n) is 2.86. The molecule has 0 aliphatic rings. The van der Waals surface area contributed by atoms with Crippen molar-refractivity contribution in [1.82, 2.24) is 25.2 Å². The van der Waals surface area contributed by atoms with Crippen molar-refractivity contribution in [3.05, 3.63) is 41.4 Å². The third-order valence-corrected chi connectivity index (χ3v) is 3.80. The Morgan fingerprint density at radius 2 is 2.10 bits per heavy atom. The number of nitrogens with one attached hydrogen (secondary N) is 1. The fourth-order valence-corrected chi connectivity index (χ4v) is 2.66. The minimum absolute atomic E-state index is 0.589. The Kier molecular flexibility index (Phi) is 4.20. The van der Waals surface area contributed by atoms with Gasteiger partial charge < -0.3 is 5.32 Å². The Balaban J connectivity index is 1.68. The highest BCUT2D eigenvalue weighted by atomic mass is 32.1. The van der Waals surface area contributed by atoms with Crippen LogP contribution in [0.25, 0.3) is 11.4 Å². The molecule has 3 aromatic rings. The van der Waals surface area contributed by atoms with Gasteiger partial charge in [-0.3, -0.25) is 0 Å². The van der Waals surface area contributed by atoms with Crippen molar-refractivity contribution in [2.75, 3.05) is 11.9 Å². The first-order valence-corrected chi connectivity index (χ1v) is 7.68. The minimum atomic E-state index is 0.589. The topological polar surface area (TPSA) is 68.5 Å². The van der Waals surface area contributed by atoms with Crippen LogP contribution in [0, 0.1) is 0 Å². The molecule has 21 heavy (non-hydrogen) atoms. The summed E-state index contributed by atoms with van der Waals surface area (Å²) in [5.41, 5.74) is 0.971. The smallest absolute Gasteiger partial charge is 0.204 e. The number of anilines is 1. The summed E-state index contributed by atoms with van der Waals surface area (Å²) in [5, 5.41) is 16.8. The Morgan fingerprint density at radius 3 is 2.90 bits per heavy atom. The van der Waals surface area contributed by atoms with E-state index in [4.69, 9.17) is 0 Å². The van der Waals surface area contributed by atoms with Gasteiger partial charge in [-0.05, 0) is 11.6 Å². The van der Waals surface area contributed by atoms with Crippen LogP contribution in [-0.2, 0) is 6.54 Å². The van der Waals surface area contributed by atoms with E-state index in [0.29, 0.717) is 12.4 Å². The molecule has 1 aromatic carbocycles. The highest BCUT2D eigenvalue weighted by Gasteiger charge is 2.07. The van der Waals surface area contributed by atoms with E-state index in [9.17, 15) is 0 Å². The van der Waals surface area contributed by atoms with Crippen molar-refractivity contribution in [2.24, 2.45) is 0 Å². The number of nitrogens with zero attached hydrogens (tertiary/aromatic N) is 5. The number of thiazole rings is 1. The number of hydrogen-bond acceptors (Lipinski definition) is 6. The maximum atomic E-state index is 4.40. The second kappa shape index (κ2) is 6.45. The molecule has 6 nitrogen and oxygen atoms in total. The maximum Gasteiger partial charge on any atom is 0.204 e. The average Bonchev–Trinajstić information content (AvgIpc) is 3.16. The number of tetrazole rings is 1. The molecule has 0 saturated heterocycles. The van der Waals surface area contributed by atoms with Gasteiger partial charge in [0, 0.05) is 23.2 Å². The number of hydrogen-bond donors (Lipinski definition) is 1. The molecule has 0 bridgehead atoms. The van der Waals surface area contributed by atoms with Crippen molar-refractivity contribution in [3.8, 4) is 11.4 Å². The SMILES string of the molecule is CCCNc1ncc(Cn2nnc(-c3ccccc3)n2)s1. The summed E-state index contributed by atoms with van der Waals surface area (Å²) < 4.78 is 0. The molecular formula is C14H16N6S. The number of benzene rings is 1. The fourth-order valence-electron chi connectivity index (χ4n) is 1.85. The standard InChI is InChI=1S/C14H16N6S/c1-2-8-15-14-16-9-12(21-14)10-20-18-13(17-19-20)11-6-4-3-5-7-11/h3-7,9H,2,8,10H2,1H3,(H,15,16). The molecule has 0 aliphatic heterocycles. The molecule has 0 amide bonds. The molecule has 7 heteroatoms. The molecule has 0 spiro atoms. The minimum Gasteiger partial charge on any atom is -0.362 e. The Labute approximate surface area is 126 Å². The lowest BCUT2D eigenvalue weighted by Gasteiger charge is -1.97. The van der Waals surface area contributed by atoms with E-state index >= 15 is 0 Å². The van der Waals surface area contributed by atoms with E-state index in [1.807, 2.05) is 36.5 Å². The predicted octanol–water partition coefficient (Wildman–Crippen LogP) is 2.67. The Bertz CT molecular complexity index is 690. The van der Waals surface area contributed by atoms with Crippen molar-refractivity contribution in [3.63, 3.8) is 0 Å². The van der Waals surface area contributed by atoms with Crippen LogP contribution in [0.3, 0.4) is 0 Å². The van der Waals surface area contributed by atoms with Crippen LogP contribution in [0.1, 0.15) is 18.2 Å². The fraction of sp³-hybridized carbons (Fsp3) is 0.286. The predicted molar refractivity (Wildman–Crippen MR) is 83.2 cm³/mol. The number of rotatable bonds is 6. The van der Waals surface area contributed by atoms with E-state index in [2.05, 4.69) is 32.6 Å². The average molecular weight is 300 g/mol. The van der Waals surface area contributed by atoms with Gasteiger partial charge in [0.05, 0.1) is 6.54 Å². The van der Waals surface area contributed by atoms with Crippen LogP contribution in [0.15, 0.2) is 36.5 Å². The molecule has 0 atom stereocenters. The molecule has 3 rings (SSSR count). The Hall–Kier alpha value is -2.28. The summed E-state index contributed by atoms with van der Waals surface area (Å²) in [5.74, 6) is 0.643. The monoisotopic (exact) mass is 300 g/mol. The van der Waals surface area contributed by atoms with Crippen molar-refractivity contribution >= 4 is 16.5 Å². The molecule has 0 aliphatic carbocycles. The maximum absolute atomic E-state index is 4.40. The van der Waals surface area contributed by atoms with Crippen LogP contribution in [-0.4, -0.2) is 31.7 Å². The zero-order valence-electron chi connectivity index (χ0n) is 11.7. The Morgan fingerprint density at radius 1 is 1.24 bits per heavy atom. The molecule has 0 radical (unpaired) electrons. The summed E-state index contributed by atoms with van der Waals surface area (Å²) in [4.78, 5) is 7.03. The second-order valence-electron chi connectivity index (χ2n) is 4.57. The van der Waals surface area contributed by atoms with E-state index in [1.54, 1.807) is 16.1 Å². The molecular weight excluding hydrogens is 284 g/mol. The van der Waals surface area contributed by atoms with Gasteiger partial charge in [-0.15, -0.1) is 21.5 Å². The molecule has 0 saturated carbocycles. The molecule has 1 N–H and O–H groups in total. The normalized spacial score (nSPS) is 10.7. The summed E-state index contributed by atoms with van der Waals surface area (Å²) >= 11 is 1.62. The number of aromatic nitrogens is 5. The highest BCUT2D eigenvalue weighted by Crippen LogP contribution is 2.19. The summed E-state index contributed by atoms with van der Waals surface area (Å²) in [6.45, 7) is 3.66. The molecule has 2 heterocycles. The lowest BCUT2D eigenvalue weighted by molar-refractivity contribution is 0.577. The molecule has 0 unspecified atom stereocenters. The van der Waals surface area contributed by atoms with Crippen LogP contribution >= 0.6 is 11.3 Å². The zero-order valence-corrected chi connectivity index (χ0v) is 12.5. The van der Waals surface area contributed by atoms with Crippen LogP contribution < -0.4 is 5.32 Å². The van der Waals surface area contributed by atoms with Crippen LogP contribution in [0.5, 0.6) is 0 Å². The second-order valence-corrected chi connectivity index (χ2v) is 5.68. The van der Waals surface area contributed by atoms with Crippen molar-refractivity contribution < 1.29 is 0 Å². The van der Waals surface area contributed by atoms with Gasteiger partial charge in [0.25, 0.3) is 0 Å². The van der Waals surface area contributed by atoms with Crippen LogP contribution in [0.2, 0.25) is 0 Å². The van der Waals surface area contributed by atoms with Crippen LogP contribution in [0.4, 0.5) is 5.13 Å².